The van der Waals surface area contributed by atoms with Crippen LogP contribution in [-0.2, 0) is 6.54 Å². The largest absolute Gasteiger partial charge is 0.334 e. The maximum atomic E-state index is 13.7. The lowest BCUT2D eigenvalue weighted by Gasteiger charge is -2.39. The van der Waals surface area contributed by atoms with Crippen molar-refractivity contribution in [3.05, 3.63) is 35.9 Å². The topological polar surface area (TPSA) is 71.3 Å². The van der Waals surface area contributed by atoms with E-state index in [0.29, 0.717) is 11.7 Å². The number of hydrogen-bond acceptors (Lipinski definition) is 4. The zero-order valence-electron chi connectivity index (χ0n) is 13.2. The number of nitrogens with zero attached hydrogens (tertiary/aromatic N) is 3. The molecule has 1 aliphatic heterocycles. The molecule has 2 aliphatic rings. The van der Waals surface area contributed by atoms with Crippen molar-refractivity contribution < 1.29 is 13.7 Å². The van der Waals surface area contributed by atoms with Crippen molar-refractivity contribution >= 4 is 6.03 Å². The van der Waals surface area contributed by atoms with Crippen molar-refractivity contribution in [2.75, 3.05) is 13.1 Å². The zero-order chi connectivity index (χ0) is 16.5. The first-order valence-corrected chi connectivity index (χ1v) is 8.29. The summed E-state index contributed by atoms with van der Waals surface area (Å²) in [4.78, 5) is 18.0. The normalized spacial score (nSPS) is 17.6. The maximum absolute atomic E-state index is 13.7. The number of urea groups is 1. The number of carbonyl (C=O) groups is 1. The van der Waals surface area contributed by atoms with Crippen LogP contribution in [0.5, 0.6) is 0 Å². The molecule has 1 aromatic carbocycles. The van der Waals surface area contributed by atoms with Crippen molar-refractivity contribution in [1.82, 2.24) is 20.4 Å². The number of benzene rings is 1. The van der Waals surface area contributed by atoms with Gasteiger partial charge in [-0.1, -0.05) is 30.1 Å². The highest BCUT2D eigenvalue weighted by Crippen LogP contribution is 2.37. The van der Waals surface area contributed by atoms with E-state index >= 15 is 0 Å². The first-order chi connectivity index (χ1) is 11.7. The molecule has 0 spiro atoms. The van der Waals surface area contributed by atoms with Crippen LogP contribution in [0.15, 0.2) is 28.8 Å². The van der Waals surface area contributed by atoms with Gasteiger partial charge in [0.15, 0.2) is 5.82 Å². The second kappa shape index (κ2) is 6.22. The third-order valence-corrected chi connectivity index (χ3v) is 4.58. The summed E-state index contributed by atoms with van der Waals surface area (Å²) in [6, 6.07) is 6.10. The summed E-state index contributed by atoms with van der Waals surface area (Å²) in [6.07, 6.45) is 3.95. The molecule has 24 heavy (non-hydrogen) atoms. The first-order valence-electron chi connectivity index (χ1n) is 8.29. The number of hydrogen-bond donors (Lipinski definition) is 1. The fraction of sp³-hybridized carbons (Fsp3) is 0.471. The number of carbonyl (C=O) groups excluding carboxylic acids is 1. The van der Waals surface area contributed by atoms with Crippen LogP contribution >= 0.6 is 0 Å². The molecule has 0 atom stereocenters. The second-order valence-corrected chi connectivity index (χ2v) is 6.60. The molecule has 1 aliphatic carbocycles. The number of aromatic nitrogens is 2. The predicted molar refractivity (Wildman–Crippen MR) is 84.3 cm³/mol. The fourth-order valence-corrected chi connectivity index (χ4v) is 3.05. The van der Waals surface area contributed by atoms with Crippen LogP contribution in [-0.4, -0.2) is 34.2 Å². The molecule has 0 radical (unpaired) electrons. The Morgan fingerprint density at radius 3 is 2.83 bits per heavy atom. The Morgan fingerprint density at radius 2 is 2.08 bits per heavy atom. The Hall–Kier alpha value is -2.44. The Kier molecular flexibility index (Phi) is 3.92. The van der Waals surface area contributed by atoms with Gasteiger partial charge in [-0.3, -0.25) is 0 Å². The molecule has 2 aromatic rings. The van der Waals surface area contributed by atoms with Crippen molar-refractivity contribution in [2.24, 2.45) is 11.8 Å². The summed E-state index contributed by atoms with van der Waals surface area (Å²) in [5.41, 5.74) is 0.258. The van der Waals surface area contributed by atoms with Crippen LogP contribution in [0.2, 0.25) is 0 Å². The van der Waals surface area contributed by atoms with E-state index < -0.39 is 5.82 Å². The quantitative estimate of drug-likeness (QED) is 0.915. The van der Waals surface area contributed by atoms with E-state index in [1.54, 1.807) is 23.1 Å². The SMILES string of the molecule is O=C(NCc1noc(-c2ccccc2F)n1)N1CC(CC2CC2)C1. The highest BCUT2D eigenvalue weighted by atomic mass is 19.1. The van der Waals surface area contributed by atoms with Crippen LogP contribution in [0, 0.1) is 17.7 Å². The van der Waals surface area contributed by atoms with E-state index in [4.69, 9.17) is 4.52 Å². The molecule has 126 valence electrons. The van der Waals surface area contributed by atoms with Crippen LogP contribution in [0.4, 0.5) is 9.18 Å². The van der Waals surface area contributed by atoms with Gasteiger partial charge in [-0.05, 0) is 30.4 Å². The zero-order valence-corrected chi connectivity index (χ0v) is 13.2. The summed E-state index contributed by atoms with van der Waals surface area (Å²) in [5.74, 6) is 1.58. The van der Waals surface area contributed by atoms with Crippen molar-refractivity contribution in [3.63, 3.8) is 0 Å². The lowest BCUT2D eigenvalue weighted by atomic mass is 9.94. The average Bonchev–Trinajstić information content (AvgIpc) is 3.24. The van der Waals surface area contributed by atoms with E-state index in [2.05, 4.69) is 15.5 Å². The van der Waals surface area contributed by atoms with Gasteiger partial charge >= 0.3 is 6.03 Å². The molecule has 1 saturated heterocycles. The highest BCUT2D eigenvalue weighted by Gasteiger charge is 2.35. The molecule has 4 rings (SSSR count). The van der Waals surface area contributed by atoms with Gasteiger partial charge in [0.05, 0.1) is 12.1 Å². The molecule has 0 bridgehead atoms. The minimum absolute atomic E-state index is 0.112. The minimum Gasteiger partial charge on any atom is -0.334 e. The summed E-state index contributed by atoms with van der Waals surface area (Å²) >= 11 is 0. The molecular weight excluding hydrogens is 311 g/mol. The summed E-state index contributed by atoms with van der Waals surface area (Å²) < 4.78 is 18.8. The van der Waals surface area contributed by atoms with Gasteiger partial charge in [-0.25, -0.2) is 9.18 Å². The van der Waals surface area contributed by atoms with Crippen LogP contribution < -0.4 is 5.32 Å². The van der Waals surface area contributed by atoms with E-state index in [0.717, 1.165) is 19.0 Å². The maximum Gasteiger partial charge on any atom is 0.317 e. The van der Waals surface area contributed by atoms with Gasteiger partial charge in [0.25, 0.3) is 5.89 Å². The highest BCUT2D eigenvalue weighted by molar-refractivity contribution is 5.74. The molecular formula is C17H19FN4O2. The molecule has 2 heterocycles. The van der Waals surface area contributed by atoms with Gasteiger partial charge in [-0.15, -0.1) is 0 Å². The lowest BCUT2D eigenvalue weighted by molar-refractivity contribution is 0.112. The van der Waals surface area contributed by atoms with Crippen molar-refractivity contribution in [3.8, 4) is 11.5 Å². The Balaban J connectivity index is 1.27. The van der Waals surface area contributed by atoms with Crippen molar-refractivity contribution in [1.29, 1.82) is 0 Å². The van der Waals surface area contributed by atoms with E-state index in [1.807, 2.05) is 0 Å². The fourth-order valence-electron chi connectivity index (χ4n) is 3.05. The lowest BCUT2D eigenvalue weighted by Crippen LogP contribution is -2.53. The molecule has 1 saturated carbocycles. The number of nitrogens with one attached hydrogen (secondary N) is 1. The molecule has 1 aromatic heterocycles. The molecule has 7 heteroatoms. The first kappa shape index (κ1) is 15.1. The van der Waals surface area contributed by atoms with Gasteiger partial charge in [0, 0.05) is 13.1 Å². The standard InChI is InChI=1S/C17H19FN4O2/c18-14-4-2-1-3-13(14)16-20-15(21-24-16)8-19-17(23)22-9-12(10-22)7-11-5-6-11/h1-4,11-12H,5-10H2,(H,19,23). The van der Waals surface area contributed by atoms with Crippen LogP contribution in [0.25, 0.3) is 11.5 Å². The Labute approximate surface area is 139 Å². The molecule has 1 N–H and O–H groups in total. The van der Waals surface area contributed by atoms with Crippen LogP contribution in [0.3, 0.4) is 0 Å². The molecule has 2 fully saturated rings. The van der Waals surface area contributed by atoms with E-state index in [1.165, 1.54) is 25.3 Å². The summed E-state index contributed by atoms with van der Waals surface area (Å²) in [6.45, 7) is 1.82. The predicted octanol–water partition coefficient (Wildman–Crippen LogP) is 2.82. The molecule has 0 unspecified atom stereocenters. The monoisotopic (exact) mass is 330 g/mol. The Morgan fingerprint density at radius 1 is 1.29 bits per heavy atom. The third-order valence-electron chi connectivity index (χ3n) is 4.58. The smallest absolute Gasteiger partial charge is 0.317 e. The van der Waals surface area contributed by atoms with E-state index in [9.17, 15) is 9.18 Å². The molecule has 6 nitrogen and oxygen atoms in total. The Bertz CT molecular complexity index is 738. The van der Waals surface area contributed by atoms with Gasteiger partial charge in [-0.2, -0.15) is 4.98 Å². The van der Waals surface area contributed by atoms with Gasteiger partial charge in [0.1, 0.15) is 5.82 Å². The third kappa shape index (κ3) is 3.25. The average molecular weight is 330 g/mol. The minimum atomic E-state index is -0.418. The number of halogens is 1. The van der Waals surface area contributed by atoms with Gasteiger partial charge < -0.3 is 14.7 Å². The molecule has 2 amide bonds. The van der Waals surface area contributed by atoms with Crippen molar-refractivity contribution in [2.45, 2.75) is 25.8 Å². The van der Waals surface area contributed by atoms with Gasteiger partial charge in [0.2, 0.25) is 0 Å². The number of likely N-dealkylation sites (tertiary alicyclic amines) is 1. The number of rotatable bonds is 5. The second-order valence-electron chi connectivity index (χ2n) is 6.60. The number of amides is 2. The summed E-state index contributed by atoms with van der Waals surface area (Å²) in [5, 5.41) is 6.56. The van der Waals surface area contributed by atoms with Crippen LogP contribution in [0.1, 0.15) is 25.1 Å². The summed E-state index contributed by atoms with van der Waals surface area (Å²) in [7, 11) is 0. The van der Waals surface area contributed by atoms with E-state index in [-0.39, 0.29) is 24.0 Å².